The topological polar surface area (TPSA) is 185 Å². The van der Waals surface area contributed by atoms with Crippen molar-refractivity contribution in [3.8, 4) is 16.9 Å². The highest BCUT2D eigenvalue weighted by atomic mass is 19.3. The number of halogens is 2. The number of hydrogen-bond acceptors (Lipinski definition) is 13. The van der Waals surface area contributed by atoms with Crippen LogP contribution in [-0.2, 0) is 16.6 Å². The van der Waals surface area contributed by atoms with Crippen molar-refractivity contribution < 1.29 is 23.5 Å². The van der Waals surface area contributed by atoms with Gasteiger partial charge in [0.25, 0.3) is 6.43 Å². The van der Waals surface area contributed by atoms with E-state index in [9.17, 15) is 28.3 Å². The van der Waals surface area contributed by atoms with Crippen LogP contribution >= 0.6 is 0 Å². The van der Waals surface area contributed by atoms with E-state index in [-0.39, 0.29) is 35.4 Å². The van der Waals surface area contributed by atoms with Crippen LogP contribution in [0.3, 0.4) is 0 Å². The molecule has 0 bridgehead atoms. The van der Waals surface area contributed by atoms with Crippen molar-refractivity contribution in [2.75, 3.05) is 62.2 Å². The Morgan fingerprint density at radius 1 is 0.882 bits per heavy atom. The maximum absolute atomic E-state index is 14.5. The third-order valence-electron chi connectivity index (χ3n) is 15.4. The fraction of sp³-hybridized carbons (Fsp3) is 0.574. The number of β-amino-alcohol motifs (C(OH)–C–C–N with tert-alkyl or cyclic N) is 1. The summed E-state index contributed by atoms with van der Waals surface area (Å²) in [5.74, 6) is 0.525. The number of amides is 2. The zero-order chi connectivity index (χ0) is 46.8. The van der Waals surface area contributed by atoms with Gasteiger partial charge in [0.15, 0.2) is 11.3 Å². The van der Waals surface area contributed by atoms with Gasteiger partial charge in [-0.15, -0.1) is 5.10 Å². The number of hydrogen-bond donors (Lipinski definition) is 2. The summed E-state index contributed by atoms with van der Waals surface area (Å²) in [6, 6.07) is 7.96. The molecule has 19 nitrogen and oxygen atoms in total. The monoisotopic (exact) mass is 935 g/mol. The van der Waals surface area contributed by atoms with Crippen LogP contribution in [-0.4, -0.2) is 146 Å². The Morgan fingerprint density at radius 2 is 1.71 bits per heavy atom. The predicted molar refractivity (Wildman–Crippen MR) is 249 cm³/mol. The lowest BCUT2D eigenvalue weighted by Gasteiger charge is -2.47. The zero-order valence-electron chi connectivity index (χ0n) is 38.6. The van der Waals surface area contributed by atoms with Crippen molar-refractivity contribution in [2.24, 2.45) is 13.0 Å². The molecule has 9 heterocycles. The Bertz CT molecular complexity index is 2890. The van der Waals surface area contributed by atoms with Gasteiger partial charge in [0.2, 0.25) is 11.8 Å². The second-order valence-electron chi connectivity index (χ2n) is 19.6. The fourth-order valence-corrected chi connectivity index (χ4v) is 11.9. The molecule has 6 aromatic rings. The Kier molecular flexibility index (Phi) is 11.8. The van der Waals surface area contributed by atoms with Crippen molar-refractivity contribution in [1.29, 1.82) is 0 Å². The number of aromatic nitrogens is 10. The lowest BCUT2D eigenvalue weighted by Crippen LogP contribution is -2.58. The first kappa shape index (κ1) is 44.4. The third-order valence-corrected chi connectivity index (χ3v) is 15.4. The van der Waals surface area contributed by atoms with E-state index in [1.165, 1.54) is 4.68 Å². The quantitative estimate of drug-likeness (QED) is 0.187. The number of nitrogens with zero attached hydrogens (tertiary/aromatic N) is 14. The van der Waals surface area contributed by atoms with Crippen LogP contribution in [0.2, 0.25) is 0 Å². The molecule has 4 aliphatic heterocycles. The second-order valence-corrected chi connectivity index (χ2v) is 19.6. The third kappa shape index (κ3) is 8.24. The first-order valence-electron chi connectivity index (χ1n) is 24.3. The molecule has 360 valence electrons. The van der Waals surface area contributed by atoms with Crippen LogP contribution in [0, 0.1) is 5.92 Å². The number of carbonyl (C=O) groups is 2. The maximum atomic E-state index is 14.5. The fourth-order valence-electron chi connectivity index (χ4n) is 11.9. The number of para-hydroxylation sites is 1. The summed E-state index contributed by atoms with van der Waals surface area (Å²) in [7, 11) is 1.76. The number of carbonyl (C=O) groups excluding carboxylic acids is 2. The van der Waals surface area contributed by atoms with Gasteiger partial charge < -0.3 is 19.8 Å². The van der Waals surface area contributed by atoms with Gasteiger partial charge in [-0.2, -0.15) is 10.2 Å². The highest BCUT2D eigenvalue weighted by Gasteiger charge is 2.36. The molecule has 21 heteroatoms. The van der Waals surface area contributed by atoms with Crippen molar-refractivity contribution in [3.05, 3.63) is 65.2 Å². The summed E-state index contributed by atoms with van der Waals surface area (Å²) in [4.78, 5) is 52.7. The summed E-state index contributed by atoms with van der Waals surface area (Å²) in [6.07, 6.45) is 11.5. The number of piperazine rings is 1. The first-order chi connectivity index (χ1) is 33.0. The number of aryl methyl sites for hydroxylation is 1. The van der Waals surface area contributed by atoms with Gasteiger partial charge in [-0.3, -0.25) is 33.6 Å². The number of fused-ring (bicyclic) bond motifs is 2. The normalized spacial score (nSPS) is 25.1. The molecule has 0 radical (unpaired) electrons. The van der Waals surface area contributed by atoms with E-state index in [0.717, 1.165) is 114 Å². The molecule has 4 saturated heterocycles. The number of rotatable bonds is 10. The number of aliphatic hydroxyl groups excluding tert-OH is 1. The number of piperidine rings is 3. The number of benzene rings is 1. The van der Waals surface area contributed by atoms with Gasteiger partial charge in [0, 0.05) is 84.1 Å². The Hall–Kier alpha value is -6.06. The van der Waals surface area contributed by atoms with Crippen LogP contribution in [0.15, 0.2) is 53.8 Å². The summed E-state index contributed by atoms with van der Waals surface area (Å²) in [5, 5.41) is 30.1. The lowest BCUT2D eigenvalue weighted by atomic mass is 9.85. The van der Waals surface area contributed by atoms with E-state index >= 15 is 0 Å². The molecule has 68 heavy (non-hydrogen) atoms. The molecule has 5 aliphatic rings. The van der Waals surface area contributed by atoms with Gasteiger partial charge >= 0.3 is 5.69 Å². The van der Waals surface area contributed by atoms with E-state index in [4.69, 9.17) is 4.98 Å². The Balaban J connectivity index is 0.686. The summed E-state index contributed by atoms with van der Waals surface area (Å²) in [5.41, 5.74) is 3.80. The average Bonchev–Trinajstić information content (AvgIpc) is 4.15. The summed E-state index contributed by atoms with van der Waals surface area (Å²) in [6.45, 7) is 9.42. The molecule has 2 amide bonds. The van der Waals surface area contributed by atoms with E-state index in [2.05, 4.69) is 58.4 Å². The number of alkyl halides is 2. The average molecular weight is 936 g/mol. The summed E-state index contributed by atoms with van der Waals surface area (Å²) < 4.78 is 37.0. The number of anilines is 2. The largest absolute Gasteiger partial charge is 0.391 e. The summed E-state index contributed by atoms with van der Waals surface area (Å²) >= 11 is 0. The minimum Gasteiger partial charge on any atom is -0.391 e. The molecule has 3 atom stereocenters. The molecular formula is C47H59F2N15O4. The first-order valence-corrected chi connectivity index (χ1v) is 24.3. The SMILES string of the molecule is C[C@@H]1CN(CC2CCC(n3cc(-n4cc(-c5cnn6ccc(N7CCC[C@H](O)C7)nc56)nn4)c(C(F)F)n3)CC2)CCN1C1CCN(c2cccc3c2n(C)c(=O)n3C2CCC(=O)NC2=O)CC1. The maximum Gasteiger partial charge on any atom is 0.329 e. The van der Waals surface area contributed by atoms with Crippen LogP contribution in [0.25, 0.3) is 33.6 Å². The smallest absolute Gasteiger partial charge is 0.329 e. The van der Waals surface area contributed by atoms with Crippen molar-refractivity contribution in [1.82, 2.24) is 63.6 Å². The minimum atomic E-state index is -2.79. The molecule has 0 spiro atoms. The molecule has 5 aromatic heterocycles. The number of aliphatic hydroxyl groups is 1. The van der Waals surface area contributed by atoms with Gasteiger partial charge in [-0.25, -0.2) is 27.8 Å². The predicted octanol–water partition coefficient (Wildman–Crippen LogP) is 4.11. The van der Waals surface area contributed by atoms with Crippen LogP contribution < -0.4 is 20.8 Å². The molecule has 5 fully saturated rings. The second kappa shape index (κ2) is 18.1. The van der Waals surface area contributed by atoms with Crippen molar-refractivity contribution >= 4 is 40.0 Å². The Morgan fingerprint density at radius 3 is 2.47 bits per heavy atom. The van der Waals surface area contributed by atoms with E-state index < -0.39 is 24.5 Å². The molecule has 1 unspecified atom stereocenters. The standard InChI is InChI=1S/C47H59F2N15O4/c1-29-24-57(21-22-60(29)31-14-18-58(19-15-31)36-6-3-7-37-43(36)56(2)47(68)64(37)38-12-13-41(66)52-46(38)67)25-30-8-10-32(11-9-30)62-28-39(42(54-62)44(48)49)63-27-35(53-55-63)34-23-50-61-20-16-40(51-45(34)61)59-17-4-5-33(65)26-59/h3,6-7,16,20,23,27-33,38,44,65H,4-5,8-15,17-19,21-22,24-26H2,1-2H3,(H,52,66,67)/t29-,30?,32?,33+,38?/m1/s1. The van der Waals surface area contributed by atoms with Crippen LogP contribution in [0.4, 0.5) is 20.3 Å². The molecule has 1 saturated carbocycles. The van der Waals surface area contributed by atoms with Gasteiger partial charge in [0.1, 0.15) is 23.2 Å². The van der Waals surface area contributed by atoms with E-state index in [0.29, 0.717) is 53.4 Å². The molecular weight excluding hydrogens is 877 g/mol. The van der Waals surface area contributed by atoms with Gasteiger partial charge in [0.05, 0.1) is 53.0 Å². The molecule has 1 aliphatic carbocycles. The zero-order valence-corrected chi connectivity index (χ0v) is 38.6. The van der Waals surface area contributed by atoms with E-state index in [1.807, 2.05) is 24.4 Å². The van der Waals surface area contributed by atoms with Crippen molar-refractivity contribution in [3.63, 3.8) is 0 Å². The molecule has 2 N–H and O–H groups in total. The van der Waals surface area contributed by atoms with Gasteiger partial charge in [-0.05, 0) is 88.8 Å². The highest BCUT2D eigenvalue weighted by Crippen LogP contribution is 2.37. The van der Waals surface area contributed by atoms with E-state index in [1.54, 1.807) is 44.0 Å². The molecule has 11 rings (SSSR count). The minimum absolute atomic E-state index is 0.0137. The van der Waals surface area contributed by atoms with Crippen LogP contribution in [0.5, 0.6) is 0 Å². The number of imidazole rings is 1. The number of imide groups is 1. The lowest BCUT2D eigenvalue weighted by molar-refractivity contribution is -0.135. The van der Waals surface area contributed by atoms with Crippen LogP contribution in [0.1, 0.15) is 95.3 Å². The van der Waals surface area contributed by atoms with Crippen molar-refractivity contribution in [2.45, 2.75) is 108 Å². The Labute approximate surface area is 391 Å². The van der Waals surface area contributed by atoms with Gasteiger partial charge in [-0.1, -0.05) is 11.3 Å². The number of nitrogens with one attached hydrogen (secondary N) is 1. The molecule has 1 aromatic carbocycles. The highest BCUT2D eigenvalue weighted by molar-refractivity contribution is 6.00.